The minimum Gasteiger partial charge on any atom is -0.487 e. The smallest absolute Gasteiger partial charge is 0.410 e. The number of carbonyl (C=O) groups excluding carboxylic acids is 1. The lowest BCUT2D eigenvalue weighted by atomic mass is 9.81. The molecule has 0 radical (unpaired) electrons. The lowest BCUT2D eigenvalue weighted by Crippen LogP contribution is -2.59. The molecule has 0 saturated carbocycles. The van der Waals surface area contributed by atoms with Crippen molar-refractivity contribution >= 4 is 22.6 Å². The van der Waals surface area contributed by atoms with Crippen LogP contribution in [-0.2, 0) is 11.3 Å². The number of piperidine rings is 2. The molecule has 1 amide bonds. The number of thiazole rings is 1. The number of aromatic amines is 1. The van der Waals surface area contributed by atoms with Gasteiger partial charge >= 0.3 is 6.09 Å². The van der Waals surface area contributed by atoms with Crippen molar-refractivity contribution in [2.45, 2.75) is 83.2 Å². The Morgan fingerprint density at radius 3 is 2.69 bits per heavy atom. The number of rotatable bonds is 3. The predicted octanol–water partition coefficient (Wildman–Crippen LogP) is 5.85. The molecule has 2 saturated heterocycles. The number of anilines is 1. The van der Waals surface area contributed by atoms with Crippen LogP contribution in [0, 0.1) is 0 Å². The van der Waals surface area contributed by atoms with E-state index in [4.69, 9.17) is 14.5 Å². The highest BCUT2D eigenvalue weighted by molar-refractivity contribution is 7.19. The Balaban J connectivity index is 1.21. The van der Waals surface area contributed by atoms with E-state index >= 15 is 0 Å². The van der Waals surface area contributed by atoms with Gasteiger partial charge in [0.05, 0.1) is 16.8 Å². The Hall–Kier alpha value is -3.07. The van der Waals surface area contributed by atoms with Crippen LogP contribution in [0.1, 0.15) is 58.6 Å². The van der Waals surface area contributed by atoms with Crippen LogP contribution in [-0.4, -0.2) is 56.9 Å². The van der Waals surface area contributed by atoms with Crippen LogP contribution in [0.5, 0.6) is 5.75 Å². The molecule has 0 aliphatic carbocycles. The maximum absolute atomic E-state index is 13.0. The number of fused-ring (bicyclic) bond motifs is 5. The molecule has 2 fully saturated rings. The van der Waals surface area contributed by atoms with E-state index in [1.54, 1.807) is 11.3 Å². The molecule has 5 heterocycles. The van der Waals surface area contributed by atoms with E-state index in [1.165, 1.54) is 11.3 Å². The summed E-state index contributed by atoms with van der Waals surface area (Å²) >= 11 is 1.74. The van der Waals surface area contributed by atoms with Crippen LogP contribution in [0.4, 0.5) is 9.93 Å². The zero-order valence-electron chi connectivity index (χ0n) is 21.3. The Kier molecular flexibility index (Phi) is 5.70. The highest BCUT2D eigenvalue weighted by Gasteiger charge is 2.44. The molecule has 36 heavy (non-hydrogen) atoms. The second-order valence-corrected chi connectivity index (χ2v) is 12.1. The van der Waals surface area contributed by atoms with Crippen molar-refractivity contribution in [2.75, 3.05) is 11.9 Å². The number of ether oxygens (including phenoxy) is 2. The molecule has 190 valence electrons. The minimum atomic E-state index is -0.476. The van der Waals surface area contributed by atoms with E-state index in [1.807, 2.05) is 38.1 Å². The molecule has 3 aliphatic rings. The lowest BCUT2D eigenvalue weighted by molar-refractivity contribution is -0.0213. The maximum atomic E-state index is 13.0. The molecule has 8 nitrogen and oxygen atoms in total. The lowest BCUT2D eigenvalue weighted by Gasteiger charge is -2.50. The van der Waals surface area contributed by atoms with Gasteiger partial charge in [-0.05, 0) is 70.6 Å². The quantitative estimate of drug-likeness (QED) is 0.479. The van der Waals surface area contributed by atoms with Gasteiger partial charge in [0, 0.05) is 42.5 Å². The van der Waals surface area contributed by atoms with Crippen molar-refractivity contribution in [3.63, 3.8) is 0 Å². The third-order valence-electron chi connectivity index (χ3n) is 7.51. The number of hydrogen-bond donors (Lipinski definition) is 1. The SMILES string of the molecule is CN(c1nc2c(s1)-c1ccc(-c3cn[nH]c3)cc1OC2)C1CC2CCCC(C1)N2C(=O)OC(C)(C)C. The minimum absolute atomic E-state index is 0.161. The third kappa shape index (κ3) is 4.23. The Bertz CT molecular complexity index is 1250. The zero-order valence-corrected chi connectivity index (χ0v) is 22.1. The van der Waals surface area contributed by atoms with Gasteiger partial charge in [-0.2, -0.15) is 5.10 Å². The molecular weight excluding hydrogens is 474 g/mol. The first-order valence-electron chi connectivity index (χ1n) is 12.8. The van der Waals surface area contributed by atoms with E-state index in [9.17, 15) is 4.79 Å². The molecule has 3 aromatic rings. The first-order valence-corrected chi connectivity index (χ1v) is 13.6. The van der Waals surface area contributed by atoms with E-state index in [2.05, 4.69) is 40.3 Å². The van der Waals surface area contributed by atoms with Crippen molar-refractivity contribution in [1.82, 2.24) is 20.1 Å². The van der Waals surface area contributed by atoms with Crippen molar-refractivity contribution < 1.29 is 14.3 Å². The summed E-state index contributed by atoms with van der Waals surface area (Å²) in [5, 5.41) is 7.95. The van der Waals surface area contributed by atoms with E-state index < -0.39 is 5.60 Å². The number of aromatic nitrogens is 3. The average molecular weight is 508 g/mol. The number of carbonyl (C=O) groups is 1. The summed E-state index contributed by atoms with van der Waals surface area (Å²) < 4.78 is 11.9. The van der Waals surface area contributed by atoms with Gasteiger partial charge in [0.15, 0.2) is 5.13 Å². The van der Waals surface area contributed by atoms with Crippen LogP contribution in [0.3, 0.4) is 0 Å². The second kappa shape index (κ2) is 8.80. The third-order valence-corrected chi connectivity index (χ3v) is 8.73. The average Bonchev–Trinajstić information content (AvgIpc) is 3.51. The monoisotopic (exact) mass is 507 g/mol. The summed E-state index contributed by atoms with van der Waals surface area (Å²) in [5.74, 6) is 0.888. The van der Waals surface area contributed by atoms with Crippen LogP contribution in [0.2, 0.25) is 0 Å². The molecule has 2 bridgehead atoms. The predicted molar refractivity (Wildman–Crippen MR) is 140 cm³/mol. The molecule has 1 N–H and O–H groups in total. The van der Waals surface area contributed by atoms with Crippen LogP contribution in [0.15, 0.2) is 30.6 Å². The van der Waals surface area contributed by atoms with Gasteiger partial charge in [-0.1, -0.05) is 17.4 Å². The molecule has 2 unspecified atom stereocenters. The van der Waals surface area contributed by atoms with Gasteiger partial charge in [0.1, 0.15) is 18.0 Å². The maximum Gasteiger partial charge on any atom is 0.410 e. The number of hydrogen-bond acceptors (Lipinski definition) is 7. The fourth-order valence-corrected chi connectivity index (χ4v) is 6.93. The number of H-pyrrole nitrogens is 1. The number of nitrogens with one attached hydrogen (secondary N) is 1. The Morgan fingerprint density at radius 1 is 1.22 bits per heavy atom. The molecule has 2 atom stereocenters. The fourth-order valence-electron chi connectivity index (χ4n) is 5.80. The first kappa shape index (κ1) is 23.3. The van der Waals surface area contributed by atoms with Crippen LogP contribution in [0.25, 0.3) is 21.6 Å². The highest BCUT2D eigenvalue weighted by atomic mass is 32.1. The van der Waals surface area contributed by atoms with Gasteiger partial charge in [-0.3, -0.25) is 5.10 Å². The van der Waals surface area contributed by atoms with Crippen LogP contribution < -0.4 is 9.64 Å². The molecule has 6 rings (SSSR count). The Labute approximate surface area is 215 Å². The highest BCUT2D eigenvalue weighted by Crippen LogP contribution is 2.46. The standard InChI is InChI=1S/C27H33N5O3S/c1-27(2,3)35-26(33)32-18-6-5-7-19(32)12-20(11-18)31(4)25-30-22-15-34-23-10-16(17-13-28-29-14-17)8-9-21(23)24(22)36-25/h8-10,13-14,18-20H,5-7,11-12,15H2,1-4H3,(H,28,29). The van der Waals surface area contributed by atoms with Gasteiger partial charge in [-0.15, -0.1) is 0 Å². The second-order valence-electron chi connectivity index (χ2n) is 11.1. The van der Waals surface area contributed by atoms with Crippen molar-refractivity contribution in [3.05, 3.63) is 36.3 Å². The van der Waals surface area contributed by atoms with E-state index in [-0.39, 0.29) is 18.2 Å². The summed E-state index contributed by atoms with van der Waals surface area (Å²) in [6.07, 6.45) is 8.68. The first-order chi connectivity index (χ1) is 17.3. The fraction of sp³-hybridized carbons (Fsp3) is 0.519. The molecule has 0 spiro atoms. The van der Waals surface area contributed by atoms with Crippen LogP contribution >= 0.6 is 11.3 Å². The summed E-state index contributed by atoms with van der Waals surface area (Å²) in [6, 6.07) is 7.11. The topological polar surface area (TPSA) is 83.6 Å². The van der Waals surface area contributed by atoms with Crippen molar-refractivity contribution in [2.24, 2.45) is 0 Å². The number of nitrogens with zero attached hydrogens (tertiary/aromatic N) is 4. The summed E-state index contributed by atoms with van der Waals surface area (Å²) in [4.78, 5) is 23.5. The number of benzene rings is 1. The molecule has 1 aromatic carbocycles. The normalized spacial score (nSPS) is 22.9. The van der Waals surface area contributed by atoms with Gasteiger partial charge in [0.2, 0.25) is 0 Å². The largest absolute Gasteiger partial charge is 0.487 e. The molecule has 3 aliphatic heterocycles. The summed E-state index contributed by atoms with van der Waals surface area (Å²) in [5.41, 5.74) is 3.74. The molecule has 9 heteroatoms. The number of amides is 1. The van der Waals surface area contributed by atoms with Crippen molar-refractivity contribution in [3.8, 4) is 27.3 Å². The molecule has 2 aromatic heterocycles. The van der Waals surface area contributed by atoms with E-state index in [0.717, 1.165) is 58.9 Å². The Morgan fingerprint density at radius 2 is 2.00 bits per heavy atom. The van der Waals surface area contributed by atoms with Gasteiger partial charge in [-0.25, -0.2) is 9.78 Å². The van der Waals surface area contributed by atoms with Gasteiger partial charge < -0.3 is 19.3 Å². The van der Waals surface area contributed by atoms with Gasteiger partial charge in [0.25, 0.3) is 0 Å². The van der Waals surface area contributed by atoms with Crippen molar-refractivity contribution in [1.29, 1.82) is 0 Å². The summed E-state index contributed by atoms with van der Waals surface area (Å²) in [7, 11) is 2.15. The molecular formula is C27H33N5O3S. The van der Waals surface area contributed by atoms with E-state index in [0.29, 0.717) is 12.6 Å². The zero-order chi connectivity index (χ0) is 25.0. The summed E-state index contributed by atoms with van der Waals surface area (Å²) in [6.45, 7) is 6.28.